The Kier molecular flexibility index (Phi) is 6.11. The van der Waals surface area contributed by atoms with Crippen molar-refractivity contribution in [2.24, 2.45) is 0 Å². The summed E-state index contributed by atoms with van der Waals surface area (Å²) in [7, 11) is 0. The second-order valence-electron chi connectivity index (χ2n) is 3.89. The van der Waals surface area contributed by atoms with Crippen LogP contribution in [0.25, 0.3) is 0 Å². The molecule has 1 aromatic carbocycles. The Balaban J connectivity index is 2.45. The number of anilines is 1. The zero-order valence-corrected chi connectivity index (χ0v) is 11.7. The van der Waals surface area contributed by atoms with Gasteiger partial charge in [-0.2, -0.15) is 0 Å². The molecular formula is C12H13ClFNO3S. The standard InChI is InChI=1S/C12H13ClFNO3S/c1-7(4-12(17)18)19-6-11(16)15-10-3-2-8(14)5-9(10)13/h2-3,5,7H,4,6H2,1H3,(H,15,16)(H,17,18). The molecule has 19 heavy (non-hydrogen) atoms. The van der Waals surface area contributed by atoms with Gasteiger partial charge in [-0.1, -0.05) is 18.5 Å². The fourth-order valence-corrected chi connectivity index (χ4v) is 2.28. The summed E-state index contributed by atoms with van der Waals surface area (Å²) in [6.45, 7) is 1.73. The molecule has 4 nitrogen and oxygen atoms in total. The molecule has 1 unspecified atom stereocenters. The lowest BCUT2D eigenvalue weighted by Crippen LogP contribution is -2.17. The number of halogens is 2. The van der Waals surface area contributed by atoms with E-state index in [0.717, 1.165) is 6.07 Å². The first kappa shape index (κ1) is 15.8. The van der Waals surface area contributed by atoms with E-state index in [1.165, 1.54) is 23.9 Å². The maximum atomic E-state index is 12.8. The average Bonchev–Trinajstić information content (AvgIpc) is 2.29. The summed E-state index contributed by atoms with van der Waals surface area (Å²) in [6, 6.07) is 3.68. The molecule has 0 saturated carbocycles. The fourth-order valence-electron chi connectivity index (χ4n) is 1.30. The van der Waals surface area contributed by atoms with Crippen molar-refractivity contribution in [1.82, 2.24) is 0 Å². The predicted octanol–water partition coefficient (Wildman–Crippen LogP) is 3.01. The molecule has 0 heterocycles. The predicted molar refractivity (Wildman–Crippen MR) is 74.2 cm³/mol. The molecule has 104 valence electrons. The number of hydrogen-bond acceptors (Lipinski definition) is 3. The number of hydrogen-bond donors (Lipinski definition) is 2. The van der Waals surface area contributed by atoms with Gasteiger partial charge in [0.05, 0.1) is 22.9 Å². The van der Waals surface area contributed by atoms with Crippen molar-refractivity contribution in [2.75, 3.05) is 11.1 Å². The Morgan fingerprint density at radius 2 is 2.21 bits per heavy atom. The van der Waals surface area contributed by atoms with Crippen LogP contribution < -0.4 is 5.32 Å². The average molecular weight is 306 g/mol. The quantitative estimate of drug-likeness (QED) is 0.848. The van der Waals surface area contributed by atoms with Crippen LogP contribution >= 0.6 is 23.4 Å². The highest BCUT2D eigenvalue weighted by Crippen LogP contribution is 2.23. The number of thioether (sulfide) groups is 1. The molecule has 7 heteroatoms. The molecule has 0 bridgehead atoms. The number of rotatable bonds is 6. The van der Waals surface area contributed by atoms with Crippen molar-refractivity contribution < 1.29 is 19.1 Å². The van der Waals surface area contributed by atoms with E-state index in [4.69, 9.17) is 16.7 Å². The number of benzene rings is 1. The maximum absolute atomic E-state index is 12.8. The van der Waals surface area contributed by atoms with Crippen molar-refractivity contribution in [2.45, 2.75) is 18.6 Å². The number of carbonyl (C=O) groups is 2. The zero-order valence-electron chi connectivity index (χ0n) is 10.2. The van der Waals surface area contributed by atoms with Crippen LogP contribution in [0.1, 0.15) is 13.3 Å². The van der Waals surface area contributed by atoms with E-state index in [-0.39, 0.29) is 28.4 Å². The minimum Gasteiger partial charge on any atom is -0.481 e. The van der Waals surface area contributed by atoms with Crippen LogP contribution in [-0.2, 0) is 9.59 Å². The highest BCUT2D eigenvalue weighted by molar-refractivity contribution is 8.00. The summed E-state index contributed by atoms with van der Waals surface area (Å²) in [4.78, 5) is 22.1. The molecule has 1 aromatic rings. The number of carbonyl (C=O) groups excluding carboxylic acids is 1. The zero-order chi connectivity index (χ0) is 14.4. The molecule has 0 aliphatic carbocycles. The summed E-state index contributed by atoms with van der Waals surface area (Å²) in [5.41, 5.74) is 0.333. The fraction of sp³-hybridized carbons (Fsp3) is 0.333. The van der Waals surface area contributed by atoms with E-state index in [0.29, 0.717) is 5.69 Å². The third kappa shape index (κ3) is 5.94. The monoisotopic (exact) mass is 305 g/mol. The Labute approximate surface area is 119 Å². The molecule has 1 amide bonds. The molecule has 1 rings (SSSR count). The molecule has 0 fully saturated rings. The van der Waals surface area contributed by atoms with Crippen LogP contribution in [0.15, 0.2) is 18.2 Å². The summed E-state index contributed by atoms with van der Waals surface area (Å²) in [5.74, 6) is -1.58. The van der Waals surface area contributed by atoms with Gasteiger partial charge in [0, 0.05) is 5.25 Å². The molecule has 0 aliphatic rings. The van der Waals surface area contributed by atoms with Crippen molar-refractivity contribution >= 4 is 40.9 Å². The normalized spacial score (nSPS) is 11.9. The van der Waals surface area contributed by atoms with Crippen LogP contribution in [0.3, 0.4) is 0 Å². The van der Waals surface area contributed by atoms with Gasteiger partial charge < -0.3 is 10.4 Å². The van der Waals surface area contributed by atoms with E-state index in [2.05, 4.69) is 5.32 Å². The van der Waals surface area contributed by atoms with E-state index in [1.54, 1.807) is 6.92 Å². The topological polar surface area (TPSA) is 66.4 Å². The van der Waals surface area contributed by atoms with Gasteiger partial charge in [-0.15, -0.1) is 11.8 Å². The molecule has 1 atom stereocenters. The van der Waals surface area contributed by atoms with Crippen molar-refractivity contribution in [3.63, 3.8) is 0 Å². The lowest BCUT2D eigenvalue weighted by Gasteiger charge is -2.10. The minimum atomic E-state index is -0.901. The van der Waals surface area contributed by atoms with Gasteiger partial charge in [0.1, 0.15) is 5.82 Å². The van der Waals surface area contributed by atoms with Gasteiger partial charge in [-0.05, 0) is 18.2 Å². The van der Waals surface area contributed by atoms with Gasteiger partial charge in [0.15, 0.2) is 0 Å². The van der Waals surface area contributed by atoms with Gasteiger partial charge in [-0.3, -0.25) is 9.59 Å². The van der Waals surface area contributed by atoms with E-state index in [9.17, 15) is 14.0 Å². The minimum absolute atomic E-state index is 0.00471. The smallest absolute Gasteiger partial charge is 0.304 e. The highest BCUT2D eigenvalue weighted by atomic mass is 35.5. The van der Waals surface area contributed by atoms with Crippen LogP contribution in [-0.4, -0.2) is 28.0 Å². The van der Waals surface area contributed by atoms with E-state index in [1.807, 2.05) is 0 Å². The van der Waals surface area contributed by atoms with Crippen molar-refractivity contribution in [1.29, 1.82) is 0 Å². The molecule has 0 aliphatic heterocycles. The van der Waals surface area contributed by atoms with Gasteiger partial charge in [0.25, 0.3) is 0 Å². The summed E-state index contributed by atoms with van der Waals surface area (Å²) in [6.07, 6.45) is -0.00471. The van der Waals surface area contributed by atoms with Crippen molar-refractivity contribution in [3.8, 4) is 0 Å². The first-order valence-electron chi connectivity index (χ1n) is 5.46. The largest absolute Gasteiger partial charge is 0.481 e. The molecule has 0 radical (unpaired) electrons. The second-order valence-corrected chi connectivity index (χ2v) is 5.73. The lowest BCUT2D eigenvalue weighted by atomic mass is 10.3. The van der Waals surface area contributed by atoms with E-state index < -0.39 is 11.8 Å². The van der Waals surface area contributed by atoms with Crippen LogP contribution in [0.5, 0.6) is 0 Å². The van der Waals surface area contributed by atoms with Crippen LogP contribution in [0, 0.1) is 5.82 Å². The third-order valence-corrected chi connectivity index (χ3v) is 3.64. The molecular weight excluding hydrogens is 293 g/mol. The number of aliphatic carboxylic acids is 1. The van der Waals surface area contributed by atoms with Gasteiger partial charge >= 0.3 is 5.97 Å². The van der Waals surface area contributed by atoms with Crippen molar-refractivity contribution in [3.05, 3.63) is 29.0 Å². The SMILES string of the molecule is CC(CC(=O)O)SCC(=O)Nc1ccc(F)cc1Cl. The first-order valence-corrected chi connectivity index (χ1v) is 6.89. The Morgan fingerprint density at radius 1 is 1.53 bits per heavy atom. The Bertz CT molecular complexity index is 484. The van der Waals surface area contributed by atoms with Gasteiger partial charge in [-0.25, -0.2) is 4.39 Å². The van der Waals surface area contributed by atoms with E-state index >= 15 is 0 Å². The summed E-state index contributed by atoms with van der Waals surface area (Å²) < 4.78 is 12.8. The number of carboxylic acids is 1. The second kappa shape index (κ2) is 7.35. The molecule has 2 N–H and O–H groups in total. The Hall–Kier alpha value is -1.27. The summed E-state index contributed by atoms with van der Waals surface area (Å²) >= 11 is 7.00. The molecule has 0 spiro atoms. The first-order chi connectivity index (χ1) is 8.88. The van der Waals surface area contributed by atoms with Gasteiger partial charge in [0.2, 0.25) is 5.91 Å². The summed E-state index contributed by atoms with van der Waals surface area (Å²) in [5, 5.41) is 11.1. The van der Waals surface area contributed by atoms with Crippen LogP contribution in [0.4, 0.5) is 10.1 Å². The lowest BCUT2D eigenvalue weighted by molar-refractivity contribution is -0.136. The maximum Gasteiger partial charge on any atom is 0.304 e. The molecule has 0 saturated heterocycles. The number of carboxylic acid groups (broad SMARTS) is 1. The number of amides is 1. The third-order valence-electron chi connectivity index (χ3n) is 2.17. The highest BCUT2D eigenvalue weighted by Gasteiger charge is 2.12. The van der Waals surface area contributed by atoms with Crippen LogP contribution in [0.2, 0.25) is 5.02 Å². The number of nitrogens with one attached hydrogen (secondary N) is 1. The Morgan fingerprint density at radius 3 is 2.79 bits per heavy atom. The molecule has 0 aromatic heterocycles.